The van der Waals surface area contributed by atoms with E-state index in [1.54, 1.807) is 11.3 Å². The number of hydrogen-bond acceptors (Lipinski definition) is 2. The average molecular weight is 400 g/mol. The first-order valence-electron chi connectivity index (χ1n) is 9.43. The second-order valence-electron chi connectivity index (χ2n) is 6.95. The van der Waals surface area contributed by atoms with Crippen LogP contribution in [0, 0.1) is 13.8 Å². The fraction of sp³-hybridized carbons (Fsp3) is 0.333. The lowest BCUT2D eigenvalue weighted by atomic mass is 10.1. The van der Waals surface area contributed by atoms with Crippen molar-refractivity contribution < 1.29 is 0 Å². The molecule has 0 bridgehead atoms. The van der Waals surface area contributed by atoms with Gasteiger partial charge in [0.2, 0.25) is 0 Å². The molecular weight excluding hydrogens is 370 g/mol. The number of hydrogen-bond donors (Lipinski definition) is 1. The van der Waals surface area contributed by atoms with Crippen LogP contribution < -0.4 is 5.32 Å². The fourth-order valence-corrected chi connectivity index (χ4v) is 4.41. The van der Waals surface area contributed by atoms with Crippen molar-refractivity contribution in [1.82, 2.24) is 5.32 Å². The highest BCUT2D eigenvalue weighted by molar-refractivity contribution is 7.12. The summed E-state index contributed by atoms with van der Waals surface area (Å²) in [6, 6.07) is 8.72. The summed E-state index contributed by atoms with van der Waals surface area (Å²) in [6.45, 7) is 12.3. The van der Waals surface area contributed by atoms with Gasteiger partial charge >= 0.3 is 0 Å². The van der Waals surface area contributed by atoms with Crippen molar-refractivity contribution in [3.05, 3.63) is 91.2 Å². The van der Waals surface area contributed by atoms with Crippen molar-refractivity contribution in [3.63, 3.8) is 0 Å². The zero-order valence-corrected chi connectivity index (χ0v) is 18.6. The summed E-state index contributed by atoms with van der Waals surface area (Å²) in [6.07, 6.45) is 9.48. The smallest absolute Gasteiger partial charge is 0.0551 e. The van der Waals surface area contributed by atoms with Crippen molar-refractivity contribution >= 4 is 22.9 Å². The summed E-state index contributed by atoms with van der Waals surface area (Å²) in [7, 11) is 0. The van der Waals surface area contributed by atoms with Crippen LogP contribution in [0.25, 0.3) is 0 Å². The summed E-state index contributed by atoms with van der Waals surface area (Å²) >= 11 is 8.32. The molecule has 1 N–H and O–H groups in total. The van der Waals surface area contributed by atoms with Gasteiger partial charge in [-0.25, -0.2) is 0 Å². The number of nitrogens with one attached hydrogen (secondary N) is 1. The van der Waals surface area contributed by atoms with Crippen molar-refractivity contribution in [2.75, 3.05) is 0 Å². The van der Waals surface area contributed by atoms with Gasteiger partial charge in [0.1, 0.15) is 0 Å². The first kappa shape index (κ1) is 21.7. The molecule has 3 heteroatoms. The van der Waals surface area contributed by atoms with Gasteiger partial charge in [-0.2, -0.15) is 0 Å². The molecule has 1 nitrogen and oxygen atoms in total. The van der Waals surface area contributed by atoms with Crippen LogP contribution in [-0.2, 0) is 19.5 Å². The summed E-state index contributed by atoms with van der Waals surface area (Å²) in [5.41, 5.74) is 6.55. The first-order valence-corrected chi connectivity index (χ1v) is 10.6. The first-order chi connectivity index (χ1) is 12.9. The van der Waals surface area contributed by atoms with Gasteiger partial charge in [-0.3, -0.25) is 0 Å². The number of aryl methyl sites for hydroxylation is 2. The Balaban J connectivity index is 2.01. The molecule has 27 heavy (non-hydrogen) atoms. The maximum Gasteiger partial charge on any atom is 0.0551 e. The minimum Gasteiger partial charge on any atom is -0.308 e. The van der Waals surface area contributed by atoms with Crippen LogP contribution in [0.1, 0.15) is 47.2 Å². The van der Waals surface area contributed by atoms with E-state index in [-0.39, 0.29) is 0 Å². The van der Waals surface area contributed by atoms with Crippen LogP contribution in [0.3, 0.4) is 0 Å². The molecule has 0 unspecified atom stereocenters. The van der Waals surface area contributed by atoms with Crippen molar-refractivity contribution in [1.29, 1.82) is 0 Å². The Labute approximate surface area is 173 Å². The van der Waals surface area contributed by atoms with Crippen LogP contribution in [0.5, 0.6) is 0 Å². The minimum absolute atomic E-state index is 0.842. The van der Waals surface area contributed by atoms with Gasteiger partial charge in [0, 0.05) is 29.3 Å². The van der Waals surface area contributed by atoms with Gasteiger partial charge in [0.05, 0.1) is 5.02 Å². The third kappa shape index (κ3) is 6.80. The molecule has 1 aromatic heterocycles. The zero-order valence-electron chi connectivity index (χ0n) is 17.0. The monoisotopic (exact) mass is 399 g/mol. The lowest BCUT2D eigenvalue weighted by Crippen LogP contribution is -2.12. The van der Waals surface area contributed by atoms with Crippen molar-refractivity contribution in [2.24, 2.45) is 0 Å². The Kier molecular flexibility index (Phi) is 8.56. The number of thiophene rings is 1. The lowest BCUT2D eigenvalue weighted by Gasteiger charge is -2.08. The third-order valence-corrected chi connectivity index (χ3v) is 6.12. The molecule has 2 rings (SSSR count). The molecular formula is C24H30ClNS. The summed E-state index contributed by atoms with van der Waals surface area (Å²) < 4.78 is 0. The third-order valence-electron chi connectivity index (χ3n) is 4.53. The van der Waals surface area contributed by atoms with E-state index in [0.29, 0.717) is 0 Å². The predicted octanol–water partition coefficient (Wildman–Crippen LogP) is 7.32. The number of rotatable bonds is 8. The van der Waals surface area contributed by atoms with E-state index in [9.17, 15) is 0 Å². The highest BCUT2D eigenvalue weighted by atomic mass is 35.5. The molecule has 0 saturated heterocycles. The van der Waals surface area contributed by atoms with Crippen LogP contribution in [0.15, 0.2) is 59.7 Å². The van der Waals surface area contributed by atoms with E-state index < -0.39 is 0 Å². The number of benzene rings is 1. The normalized spacial score (nSPS) is 13.0. The highest BCUT2D eigenvalue weighted by Crippen LogP contribution is 2.30. The topological polar surface area (TPSA) is 12.0 Å². The van der Waals surface area contributed by atoms with E-state index in [1.807, 2.05) is 0 Å². The maximum absolute atomic E-state index is 6.51. The van der Waals surface area contributed by atoms with Gasteiger partial charge in [-0.15, -0.1) is 11.3 Å². The largest absolute Gasteiger partial charge is 0.308 e. The Hall–Kier alpha value is -1.61. The molecule has 0 amide bonds. The van der Waals surface area contributed by atoms with E-state index in [4.69, 9.17) is 11.6 Å². The Morgan fingerprint density at radius 2 is 1.93 bits per heavy atom. The molecule has 0 aliphatic carbocycles. The SMILES string of the molecule is C\C=C/C(=C\C(C)=C/C)Cc1sc(CNCc2ccc(C)cc2C)cc1Cl. The second-order valence-corrected chi connectivity index (χ2v) is 8.57. The van der Waals surface area contributed by atoms with Gasteiger partial charge < -0.3 is 5.32 Å². The average Bonchev–Trinajstić information content (AvgIpc) is 2.96. The van der Waals surface area contributed by atoms with E-state index in [1.165, 1.54) is 37.6 Å². The lowest BCUT2D eigenvalue weighted by molar-refractivity contribution is 0.698. The fourth-order valence-electron chi connectivity index (χ4n) is 2.96. The molecule has 0 saturated carbocycles. The highest BCUT2D eigenvalue weighted by Gasteiger charge is 2.09. The molecule has 0 fully saturated rings. The van der Waals surface area contributed by atoms with Crippen molar-refractivity contribution in [3.8, 4) is 0 Å². The van der Waals surface area contributed by atoms with E-state index in [0.717, 1.165) is 24.5 Å². The van der Waals surface area contributed by atoms with E-state index >= 15 is 0 Å². The molecule has 1 aromatic carbocycles. The molecule has 0 radical (unpaired) electrons. The Morgan fingerprint density at radius 1 is 1.15 bits per heavy atom. The van der Waals surface area contributed by atoms with Crippen LogP contribution in [0.2, 0.25) is 5.02 Å². The molecule has 0 atom stereocenters. The summed E-state index contributed by atoms with van der Waals surface area (Å²) in [5, 5.41) is 4.42. The van der Waals surface area contributed by atoms with Gasteiger partial charge in [0.15, 0.2) is 0 Å². The number of halogens is 1. The van der Waals surface area contributed by atoms with Gasteiger partial charge in [0.25, 0.3) is 0 Å². The maximum atomic E-state index is 6.51. The molecule has 0 aliphatic rings. The molecule has 0 spiro atoms. The standard InChI is InChI=1S/C24H30ClNS/c1-6-8-20(12-17(3)7-2)13-24-23(25)14-22(27-24)16-26-15-21-10-9-18(4)11-19(21)5/h6-12,14,26H,13,15-16H2,1-5H3/b8-6-,17-7-,20-12+. The molecule has 1 heterocycles. The van der Waals surface area contributed by atoms with Gasteiger partial charge in [-0.1, -0.05) is 65.2 Å². The van der Waals surface area contributed by atoms with Crippen LogP contribution >= 0.6 is 22.9 Å². The molecule has 0 aliphatic heterocycles. The van der Waals surface area contributed by atoms with Gasteiger partial charge in [-0.05, 0) is 57.4 Å². The zero-order chi connectivity index (χ0) is 19.8. The minimum atomic E-state index is 0.842. The Morgan fingerprint density at radius 3 is 2.59 bits per heavy atom. The molecule has 2 aromatic rings. The predicted molar refractivity (Wildman–Crippen MR) is 122 cm³/mol. The molecule has 144 valence electrons. The number of allylic oxidation sites excluding steroid dienone is 6. The Bertz CT molecular complexity index is 855. The second kappa shape index (κ2) is 10.7. The van der Waals surface area contributed by atoms with Crippen LogP contribution in [-0.4, -0.2) is 0 Å². The quantitative estimate of drug-likeness (QED) is 0.458. The van der Waals surface area contributed by atoms with E-state index in [2.05, 4.69) is 88.5 Å². The van der Waals surface area contributed by atoms with Crippen molar-refractivity contribution in [2.45, 2.75) is 54.1 Å². The summed E-state index contributed by atoms with van der Waals surface area (Å²) in [5.74, 6) is 0. The summed E-state index contributed by atoms with van der Waals surface area (Å²) in [4.78, 5) is 2.51. The van der Waals surface area contributed by atoms with Crippen LogP contribution in [0.4, 0.5) is 0 Å².